The van der Waals surface area contributed by atoms with Crippen LogP contribution in [0, 0.1) is 5.82 Å². The van der Waals surface area contributed by atoms with E-state index in [2.05, 4.69) is 0 Å². The monoisotopic (exact) mass is 234 g/mol. The highest BCUT2D eigenvalue weighted by Crippen LogP contribution is 2.23. The minimum Gasteiger partial charge on any atom is -0.388 e. The summed E-state index contributed by atoms with van der Waals surface area (Å²) in [5.41, 5.74) is 0.672. The van der Waals surface area contributed by atoms with Gasteiger partial charge in [-0.3, -0.25) is 0 Å². The summed E-state index contributed by atoms with van der Waals surface area (Å²) in [6.45, 7) is 0. The van der Waals surface area contributed by atoms with Crippen LogP contribution in [0.5, 0.6) is 0 Å². The van der Waals surface area contributed by atoms with Gasteiger partial charge in [0.15, 0.2) is 0 Å². The van der Waals surface area contributed by atoms with E-state index in [-0.39, 0.29) is 5.02 Å². The maximum Gasteiger partial charge on any atom is 0.141 e. The summed E-state index contributed by atoms with van der Waals surface area (Å²) in [6.07, 6.45) is 2.08. The summed E-state index contributed by atoms with van der Waals surface area (Å²) in [6, 6.07) is 4.31. The first-order chi connectivity index (χ1) is 6.65. The fourth-order valence-electron chi connectivity index (χ4n) is 1.12. The van der Waals surface area contributed by atoms with Gasteiger partial charge in [0, 0.05) is 0 Å². The SMILES string of the molecule is CSCCC(O)c1ccc(F)c(Cl)c1. The number of rotatable bonds is 4. The average Bonchev–Trinajstić information content (AvgIpc) is 2.18. The minimum atomic E-state index is -0.555. The first-order valence-corrected chi connectivity index (χ1v) is 6.04. The number of aliphatic hydroxyl groups is 1. The van der Waals surface area contributed by atoms with Gasteiger partial charge < -0.3 is 5.11 Å². The van der Waals surface area contributed by atoms with Crippen LogP contribution >= 0.6 is 23.4 Å². The van der Waals surface area contributed by atoms with Gasteiger partial charge in [-0.2, -0.15) is 11.8 Å². The van der Waals surface area contributed by atoms with Crippen molar-refractivity contribution in [2.45, 2.75) is 12.5 Å². The van der Waals surface area contributed by atoms with Gasteiger partial charge in [-0.1, -0.05) is 17.7 Å². The van der Waals surface area contributed by atoms with Crippen molar-refractivity contribution in [2.24, 2.45) is 0 Å². The van der Waals surface area contributed by atoms with Crippen LogP contribution in [0.4, 0.5) is 4.39 Å². The summed E-state index contributed by atoms with van der Waals surface area (Å²) < 4.78 is 12.8. The normalized spacial score (nSPS) is 12.9. The van der Waals surface area contributed by atoms with Gasteiger partial charge in [0.25, 0.3) is 0 Å². The van der Waals surface area contributed by atoms with Crippen LogP contribution in [0.2, 0.25) is 5.02 Å². The van der Waals surface area contributed by atoms with Crippen LogP contribution in [0.3, 0.4) is 0 Å². The summed E-state index contributed by atoms with van der Waals surface area (Å²) in [4.78, 5) is 0. The van der Waals surface area contributed by atoms with Crippen molar-refractivity contribution < 1.29 is 9.50 Å². The van der Waals surface area contributed by atoms with E-state index in [1.54, 1.807) is 17.8 Å². The van der Waals surface area contributed by atoms with Crippen LogP contribution in [-0.2, 0) is 0 Å². The Morgan fingerprint density at radius 2 is 2.29 bits per heavy atom. The largest absolute Gasteiger partial charge is 0.388 e. The Kier molecular flexibility index (Phi) is 4.72. The van der Waals surface area contributed by atoms with Crippen molar-refractivity contribution in [3.8, 4) is 0 Å². The number of halogens is 2. The molecule has 0 radical (unpaired) electrons. The molecule has 1 aromatic carbocycles. The van der Waals surface area contributed by atoms with Crippen molar-refractivity contribution in [1.29, 1.82) is 0 Å². The molecule has 0 fully saturated rings. The first kappa shape index (κ1) is 11.8. The highest BCUT2D eigenvalue weighted by molar-refractivity contribution is 7.98. The maximum atomic E-state index is 12.8. The quantitative estimate of drug-likeness (QED) is 0.863. The lowest BCUT2D eigenvalue weighted by Gasteiger charge is -2.10. The molecule has 1 nitrogen and oxygen atoms in total. The van der Waals surface area contributed by atoms with Crippen LogP contribution < -0.4 is 0 Å². The fourth-order valence-corrected chi connectivity index (χ4v) is 1.76. The van der Waals surface area contributed by atoms with E-state index in [1.807, 2.05) is 6.26 Å². The number of hydrogen-bond donors (Lipinski definition) is 1. The Balaban J connectivity index is 2.70. The molecular weight excluding hydrogens is 223 g/mol. The molecule has 4 heteroatoms. The molecule has 1 rings (SSSR count). The van der Waals surface area contributed by atoms with E-state index in [9.17, 15) is 9.50 Å². The first-order valence-electron chi connectivity index (χ1n) is 4.27. The van der Waals surface area contributed by atoms with E-state index in [1.165, 1.54) is 12.1 Å². The number of aliphatic hydroxyl groups excluding tert-OH is 1. The molecule has 14 heavy (non-hydrogen) atoms. The molecule has 0 aromatic heterocycles. The average molecular weight is 235 g/mol. The number of hydrogen-bond acceptors (Lipinski definition) is 2. The third-order valence-electron chi connectivity index (χ3n) is 1.92. The van der Waals surface area contributed by atoms with Crippen LogP contribution in [0.25, 0.3) is 0 Å². The van der Waals surface area contributed by atoms with Crippen LogP contribution in [-0.4, -0.2) is 17.1 Å². The molecule has 78 valence electrons. The minimum absolute atomic E-state index is 0.0608. The lowest BCUT2D eigenvalue weighted by atomic mass is 10.1. The maximum absolute atomic E-state index is 12.8. The molecule has 0 aliphatic rings. The molecule has 1 atom stereocenters. The second-order valence-electron chi connectivity index (χ2n) is 2.97. The Bertz CT molecular complexity index is 306. The molecule has 0 saturated carbocycles. The molecule has 1 unspecified atom stereocenters. The number of benzene rings is 1. The summed E-state index contributed by atoms with van der Waals surface area (Å²) in [7, 11) is 0. The molecule has 0 spiro atoms. The topological polar surface area (TPSA) is 20.2 Å². The highest BCUT2D eigenvalue weighted by Gasteiger charge is 2.09. The fraction of sp³-hybridized carbons (Fsp3) is 0.400. The van der Waals surface area contributed by atoms with Gasteiger partial charge >= 0.3 is 0 Å². The Morgan fingerprint density at radius 3 is 2.86 bits per heavy atom. The third-order valence-corrected chi connectivity index (χ3v) is 2.86. The lowest BCUT2D eigenvalue weighted by molar-refractivity contribution is 0.175. The zero-order chi connectivity index (χ0) is 10.6. The van der Waals surface area contributed by atoms with Crippen molar-refractivity contribution in [3.63, 3.8) is 0 Å². The van der Waals surface area contributed by atoms with E-state index >= 15 is 0 Å². The van der Waals surface area contributed by atoms with E-state index in [4.69, 9.17) is 11.6 Å². The van der Waals surface area contributed by atoms with E-state index in [0.29, 0.717) is 12.0 Å². The van der Waals surface area contributed by atoms with Crippen LogP contribution in [0.15, 0.2) is 18.2 Å². The number of thioether (sulfide) groups is 1. The van der Waals surface area contributed by atoms with E-state index < -0.39 is 11.9 Å². The molecule has 0 heterocycles. The van der Waals surface area contributed by atoms with Gasteiger partial charge in [0.1, 0.15) is 5.82 Å². The van der Waals surface area contributed by atoms with E-state index in [0.717, 1.165) is 5.75 Å². The predicted octanol–water partition coefficient (Wildman–Crippen LogP) is 3.27. The molecule has 0 saturated heterocycles. The third kappa shape index (κ3) is 3.15. The van der Waals surface area contributed by atoms with Gasteiger partial charge in [0.05, 0.1) is 11.1 Å². The Morgan fingerprint density at radius 1 is 1.57 bits per heavy atom. The molecule has 1 N–H and O–H groups in total. The van der Waals surface area contributed by atoms with Crippen LogP contribution in [0.1, 0.15) is 18.1 Å². The van der Waals surface area contributed by atoms with Gasteiger partial charge in [-0.15, -0.1) is 0 Å². The van der Waals surface area contributed by atoms with Crippen molar-refractivity contribution >= 4 is 23.4 Å². The molecule has 0 aliphatic heterocycles. The molecular formula is C10H12ClFOS. The second kappa shape index (κ2) is 5.59. The molecule has 1 aromatic rings. The smallest absolute Gasteiger partial charge is 0.141 e. The molecule has 0 aliphatic carbocycles. The van der Waals surface area contributed by atoms with Crippen molar-refractivity contribution in [1.82, 2.24) is 0 Å². The molecule has 0 amide bonds. The van der Waals surface area contributed by atoms with Gasteiger partial charge in [0.2, 0.25) is 0 Å². The highest BCUT2D eigenvalue weighted by atomic mass is 35.5. The Labute approximate surface area is 92.3 Å². The zero-order valence-corrected chi connectivity index (χ0v) is 9.41. The molecule has 0 bridgehead atoms. The second-order valence-corrected chi connectivity index (χ2v) is 4.36. The van der Waals surface area contributed by atoms with Gasteiger partial charge in [-0.05, 0) is 36.1 Å². The summed E-state index contributed by atoms with van der Waals surface area (Å²) in [5, 5.41) is 9.73. The predicted molar refractivity (Wildman–Crippen MR) is 59.4 cm³/mol. The van der Waals surface area contributed by atoms with Gasteiger partial charge in [-0.25, -0.2) is 4.39 Å². The van der Waals surface area contributed by atoms with Crippen molar-refractivity contribution in [2.75, 3.05) is 12.0 Å². The Hall–Kier alpha value is -0.250. The summed E-state index contributed by atoms with van der Waals surface area (Å²) in [5.74, 6) is 0.420. The zero-order valence-electron chi connectivity index (χ0n) is 7.84. The van der Waals surface area contributed by atoms with Crippen molar-refractivity contribution in [3.05, 3.63) is 34.6 Å². The summed E-state index contributed by atoms with van der Waals surface area (Å²) >= 11 is 7.27. The standard InChI is InChI=1S/C10H12ClFOS/c1-14-5-4-10(13)7-2-3-9(12)8(11)6-7/h2-3,6,10,13H,4-5H2,1H3. The lowest BCUT2D eigenvalue weighted by Crippen LogP contribution is -1.99.